The molecule has 2 heterocycles. The van der Waals surface area contributed by atoms with Crippen LogP contribution >= 0.6 is 0 Å². The maximum absolute atomic E-state index is 12.8. The van der Waals surface area contributed by atoms with Crippen molar-refractivity contribution < 1.29 is 33.4 Å². The van der Waals surface area contributed by atoms with E-state index in [0.717, 1.165) is 4.90 Å². The third-order valence-electron chi connectivity index (χ3n) is 5.71. The standard InChI is InChI=1S/C23H29N3O7/c1-4-32-23(31)25-11-9-15(10-12-25)24-18(27)13-33-22(30)19(14(2)3)26-20(28)16-7-5-6-8-17(16)21(26)29/h5-8,14-15,19H,4,9-13H2,1-3H3,(H,24,27)/t19-/m0/s1. The third kappa shape index (κ3) is 5.32. The summed E-state index contributed by atoms with van der Waals surface area (Å²) in [6.07, 6.45) is 0.744. The van der Waals surface area contributed by atoms with Crippen molar-refractivity contribution in [2.24, 2.45) is 5.92 Å². The number of benzene rings is 1. The lowest BCUT2D eigenvalue weighted by molar-refractivity contribution is -0.153. The highest BCUT2D eigenvalue weighted by molar-refractivity contribution is 6.22. The quantitative estimate of drug-likeness (QED) is 0.485. The maximum atomic E-state index is 12.8. The molecule has 0 radical (unpaired) electrons. The molecule has 178 valence electrons. The van der Waals surface area contributed by atoms with Crippen LogP contribution < -0.4 is 5.32 Å². The Hall–Kier alpha value is -3.43. The molecule has 3 rings (SSSR count). The second kappa shape index (κ2) is 10.5. The molecular formula is C23H29N3O7. The average Bonchev–Trinajstić information content (AvgIpc) is 3.04. The van der Waals surface area contributed by atoms with E-state index in [1.165, 1.54) is 0 Å². The first kappa shape index (κ1) is 24.2. The lowest BCUT2D eigenvalue weighted by Gasteiger charge is -2.31. The summed E-state index contributed by atoms with van der Waals surface area (Å²) >= 11 is 0. The van der Waals surface area contributed by atoms with Crippen LogP contribution in [0.5, 0.6) is 0 Å². The van der Waals surface area contributed by atoms with E-state index in [2.05, 4.69) is 5.32 Å². The second-order valence-corrected chi connectivity index (χ2v) is 8.35. The van der Waals surface area contributed by atoms with Crippen LogP contribution in [0.1, 0.15) is 54.3 Å². The molecule has 2 aliphatic rings. The molecular weight excluding hydrogens is 430 g/mol. The molecule has 0 aromatic heterocycles. The molecule has 0 spiro atoms. The van der Waals surface area contributed by atoms with Gasteiger partial charge in [0, 0.05) is 19.1 Å². The predicted octanol–water partition coefficient (Wildman–Crippen LogP) is 1.59. The summed E-state index contributed by atoms with van der Waals surface area (Å²) in [4.78, 5) is 64.9. The number of rotatable bonds is 7. The number of piperidine rings is 1. The van der Waals surface area contributed by atoms with Gasteiger partial charge < -0.3 is 19.7 Å². The van der Waals surface area contributed by atoms with E-state index in [0.29, 0.717) is 32.5 Å². The molecule has 2 aliphatic heterocycles. The lowest BCUT2D eigenvalue weighted by Crippen LogP contribution is -2.50. The molecule has 1 aromatic rings. The van der Waals surface area contributed by atoms with Crippen LogP contribution in [0.3, 0.4) is 0 Å². The molecule has 0 unspecified atom stereocenters. The van der Waals surface area contributed by atoms with Crippen molar-refractivity contribution in [1.29, 1.82) is 0 Å². The summed E-state index contributed by atoms with van der Waals surface area (Å²) in [5.74, 6) is -2.81. The molecule has 0 aliphatic carbocycles. The molecule has 10 heteroatoms. The lowest BCUT2D eigenvalue weighted by atomic mass is 10.0. The van der Waals surface area contributed by atoms with Crippen LogP contribution in [0.15, 0.2) is 24.3 Å². The Morgan fingerprint density at radius 1 is 1.03 bits per heavy atom. The van der Waals surface area contributed by atoms with Crippen molar-refractivity contribution in [1.82, 2.24) is 15.1 Å². The van der Waals surface area contributed by atoms with Crippen LogP contribution in [0.4, 0.5) is 4.79 Å². The fourth-order valence-electron chi connectivity index (χ4n) is 4.05. The Labute approximate surface area is 192 Å². The number of nitrogens with one attached hydrogen (secondary N) is 1. The third-order valence-corrected chi connectivity index (χ3v) is 5.71. The average molecular weight is 459 g/mol. The summed E-state index contributed by atoms with van der Waals surface area (Å²) in [6, 6.07) is 5.09. The van der Waals surface area contributed by atoms with E-state index in [1.54, 1.807) is 49.9 Å². The van der Waals surface area contributed by atoms with E-state index >= 15 is 0 Å². The van der Waals surface area contributed by atoms with Gasteiger partial charge in [-0.1, -0.05) is 26.0 Å². The van der Waals surface area contributed by atoms with Gasteiger partial charge in [0.05, 0.1) is 17.7 Å². The zero-order chi connectivity index (χ0) is 24.1. The number of hydrogen-bond acceptors (Lipinski definition) is 7. The number of imide groups is 1. The SMILES string of the molecule is CCOC(=O)N1CCC(NC(=O)COC(=O)[C@H](C(C)C)N2C(=O)c3ccccc3C2=O)CC1. The molecule has 4 amide bonds. The molecule has 1 atom stereocenters. The van der Waals surface area contributed by atoms with E-state index in [9.17, 15) is 24.0 Å². The van der Waals surface area contributed by atoms with Crippen molar-refractivity contribution in [2.45, 2.75) is 45.7 Å². The number of amides is 4. The minimum atomic E-state index is -1.14. The smallest absolute Gasteiger partial charge is 0.409 e. The number of fused-ring (bicyclic) bond motifs is 1. The predicted molar refractivity (Wildman–Crippen MR) is 116 cm³/mol. The van der Waals surface area contributed by atoms with Crippen LogP contribution in [-0.4, -0.2) is 78.0 Å². The van der Waals surface area contributed by atoms with Gasteiger partial charge in [0.25, 0.3) is 17.7 Å². The van der Waals surface area contributed by atoms with Gasteiger partial charge in [-0.15, -0.1) is 0 Å². The first-order chi connectivity index (χ1) is 15.7. The van der Waals surface area contributed by atoms with Crippen LogP contribution in [-0.2, 0) is 19.1 Å². The summed E-state index contributed by atoms with van der Waals surface area (Å²) in [6.45, 7) is 5.84. The summed E-state index contributed by atoms with van der Waals surface area (Å²) in [7, 11) is 0. The van der Waals surface area contributed by atoms with E-state index < -0.39 is 42.3 Å². The second-order valence-electron chi connectivity index (χ2n) is 8.35. The Balaban J connectivity index is 1.53. The Morgan fingerprint density at radius 3 is 2.12 bits per heavy atom. The monoisotopic (exact) mass is 459 g/mol. The number of nitrogens with zero attached hydrogens (tertiary/aromatic N) is 2. The zero-order valence-electron chi connectivity index (χ0n) is 19.0. The highest BCUT2D eigenvalue weighted by Gasteiger charge is 2.44. The Kier molecular flexibility index (Phi) is 7.67. The van der Waals surface area contributed by atoms with Gasteiger partial charge in [0.1, 0.15) is 6.04 Å². The first-order valence-electron chi connectivity index (χ1n) is 11.1. The van der Waals surface area contributed by atoms with Crippen molar-refractivity contribution >= 4 is 29.8 Å². The number of likely N-dealkylation sites (tertiary alicyclic amines) is 1. The van der Waals surface area contributed by atoms with Gasteiger partial charge >= 0.3 is 12.1 Å². The Morgan fingerprint density at radius 2 is 1.61 bits per heavy atom. The highest BCUT2D eigenvalue weighted by atomic mass is 16.6. The minimum Gasteiger partial charge on any atom is -0.454 e. The number of hydrogen-bond donors (Lipinski definition) is 1. The van der Waals surface area contributed by atoms with Gasteiger partial charge in [0.15, 0.2) is 6.61 Å². The van der Waals surface area contributed by atoms with Crippen molar-refractivity contribution in [3.05, 3.63) is 35.4 Å². The number of carbonyl (C=O) groups is 5. The topological polar surface area (TPSA) is 122 Å². The van der Waals surface area contributed by atoms with Crippen molar-refractivity contribution in [3.63, 3.8) is 0 Å². The van der Waals surface area contributed by atoms with Gasteiger partial charge in [-0.05, 0) is 37.8 Å². The number of ether oxygens (including phenoxy) is 2. The molecule has 10 nitrogen and oxygen atoms in total. The molecule has 1 N–H and O–H groups in total. The summed E-state index contributed by atoms with van der Waals surface area (Å²) in [5, 5.41) is 2.79. The number of carbonyl (C=O) groups excluding carboxylic acids is 5. The fraction of sp³-hybridized carbons (Fsp3) is 0.522. The maximum Gasteiger partial charge on any atom is 0.409 e. The molecule has 33 heavy (non-hydrogen) atoms. The fourth-order valence-corrected chi connectivity index (χ4v) is 4.05. The largest absolute Gasteiger partial charge is 0.454 e. The molecule has 1 saturated heterocycles. The molecule has 0 saturated carbocycles. The van der Waals surface area contributed by atoms with Gasteiger partial charge in [0.2, 0.25) is 0 Å². The van der Waals surface area contributed by atoms with Gasteiger partial charge in [-0.3, -0.25) is 19.3 Å². The van der Waals surface area contributed by atoms with Crippen LogP contribution in [0.2, 0.25) is 0 Å². The molecule has 1 fully saturated rings. The number of esters is 1. The molecule has 1 aromatic carbocycles. The summed E-state index contributed by atoms with van der Waals surface area (Å²) < 4.78 is 10.2. The van der Waals surface area contributed by atoms with Gasteiger partial charge in [-0.25, -0.2) is 9.59 Å². The van der Waals surface area contributed by atoms with E-state index in [4.69, 9.17) is 9.47 Å². The summed E-state index contributed by atoms with van der Waals surface area (Å²) in [5.41, 5.74) is 0.487. The van der Waals surface area contributed by atoms with Crippen LogP contribution in [0, 0.1) is 5.92 Å². The minimum absolute atomic E-state index is 0.154. The van der Waals surface area contributed by atoms with Crippen LogP contribution in [0.25, 0.3) is 0 Å². The molecule has 0 bridgehead atoms. The van der Waals surface area contributed by atoms with Crippen molar-refractivity contribution in [2.75, 3.05) is 26.3 Å². The van der Waals surface area contributed by atoms with Gasteiger partial charge in [-0.2, -0.15) is 0 Å². The van der Waals surface area contributed by atoms with Crippen molar-refractivity contribution in [3.8, 4) is 0 Å². The zero-order valence-corrected chi connectivity index (χ0v) is 19.0. The van der Waals surface area contributed by atoms with E-state index in [1.807, 2.05) is 0 Å². The highest BCUT2D eigenvalue weighted by Crippen LogP contribution is 2.27. The van der Waals surface area contributed by atoms with E-state index in [-0.39, 0.29) is 23.3 Å². The normalized spacial score (nSPS) is 17.1. The first-order valence-corrected chi connectivity index (χ1v) is 11.1. The Bertz CT molecular complexity index is 903.